The molecule has 0 fully saturated rings. The molecule has 2 aromatic rings. The number of ether oxygens (including phenoxy) is 2. The number of carbonyl (C=O) groups excluding carboxylic acids is 2. The minimum Gasteiger partial charge on any atom is -0.496 e. The Bertz CT molecular complexity index is 802. The Balaban J connectivity index is 1.80. The number of methoxy groups -OCH3 is 1. The quantitative estimate of drug-likeness (QED) is 0.804. The number of likely N-dealkylation sites (N-methyl/N-ethyl adjacent to an activating group) is 1. The maximum Gasteiger partial charge on any atom is 0.339 e. The molecule has 2 atom stereocenters. The molecule has 130 valence electrons. The summed E-state index contributed by atoms with van der Waals surface area (Å²) in [7, 11) is 3.32. The Morgan fingerprint density at radius 3 is 2.64 bits per heavy atom. The van der Waals surface area contributed by atoms with Gasteiger partial charge in [-0.25, -0.2) is 4.79 Å². The van der Waals surface area contributed by atoms with Crippen LogP contribution in [0.2, 0.25) is 0 Å². The lowest BCUT2D eigenvalue weighted by atomic mass is 9.97. The first-order valence-electron chi connectivity index (χ1n) is 8.21. The van der Waals surface area contributed by atoms with Crippen LogP contribution in [0.4, 0.5) is 0 Å². The predicted molar refractivity (Wildman–Crippen MR) is 93.5 cm³/mol. The summed E-state index contributed by atoms with van der Waals surface area (Å²) in [6.07, 6.45) is -0.409. The van der Waals surface area contributed by atoms with Gasteiger partial charge in [-0.1, -0.05) is 36.4 Å². The third kappa shape index (κ3) is 3.22. The van der Waals surface area contributed by atoms with Gasteiger partial charge in [0.15, 0.2) is 6.10 Å². The van der Waals surface area contributed by atoms with Gasteiger partial charge in [0.2, 0.25) is 0 Å². The van der Waals surface area contributed by atoms with Gasteiger partial charge in [0.25, 0.3) is 5.91 Å². The monoisotopic (exact) mass is 339 g/mol. The normalized spacial score (nSPS) is 17.2. The average molecular weight is 339 g/mol. The summed E-state index contributed by atoms with van der Waals surface area (Å²) in [4.78, 5) is 26.6. The molecule has 1 amide bonds. The Morgan fingerprint density at radius 2 is 1.88 bits per heavy atom. The molecule has 0 bridgehead atoms. The molecule has 0 saturated heterocycles. The van der Waals surface area contributed by atoms with Gasteiger partial charge in [-0.05, 0) is 24.6 Å². The maximum atomic E-state index is 12.9. The molecule has 0 spiro atoms. The fourth-order valence-electron chi connectivity index (χ4n) is 3.11. The van der Waals surface area contributed by atoms with E-state index in [1.165, 1.54) is 0 Å². The van der Waals surface area contributed by atoms with Gasteiger partial charge in [-0.2, -0.15) is 0 Å². The number of hydrogen-bond donors (Lipinski definition) is 0. The van der Waals surface area contributed by atoms with Gasteiger partial charge >= 0.3 is 5.97 Å². The second kappa shape index (κ2) is 6.97. The molecule has 1 aliphatic rings. The first-order valence-corrected chi connectivity index (χ1v) is 8.21. The lowest BCUT2D eigenvalue weighted by molar-refractivity contribution is -0.141. The lowest BCUT2D eigenvalue weighted by Crippen LogP contribution is -2.43. The van der Waals surface area contributed by atoms with Gasteiger partial charge in [-0.3, -0.25) is 4.79 Å². The highest BCUT2D eigenvalue weighted by molar-refractivity contribution is 5.95. The molecule has 25 heavy (non-hydrogen) atoms. The van der Waals surface area contributed by atoms with E-state index in [1.807, 2.05) is 43.3 Å². The average Bonchev–Trinajstić information content (AvgIpc) is 2.66. The van der Waals surface area contributed by atoms with E-state index in [0.29, 0.717) is 12.0 Å². The molecule has 5 nitrogen and oxygen atoms in total. The zero-order valence-electron chi connectivity index (χ0n) is 14.6. The molecule has 0 aromatic heterocycles. The Morgan fingerprint density at radius 1 is 1.20 bits per heavy atom. The summed E-state index contributed by atoms with van der Waals surface area (Å²) in [5, 5.41) is 0. The number of amides is 1. The zero-order chi connectivity index (χ0) is 18.0. The van der Waals surface area contributed by atoms with E-state index in [0.717, 1.165) is 16.9 Å². The van der Waals surface area contributed by atoms with Crippen LogP contribution in [0.25, 0.3) is 0 Å². The number of hydrogen-bond acceptors (Lipinski definition) is 4. The molecule has 0 radical (unpaired) electrons. The van der Waals surface area contributed by atoms with Crippen molar-refractivity contribution >= 4 is 11.9 Å². The number of nitrogens with zero attached hydrogens (tertiary/aromatic N) is 1. The molecule has 0 saturated carbocycles. The Kier molecular flexibility index (Phi) is 4.74. The van der Waals surface area contributed by atoms with E-state index >= 15 is 0 Å². The standard InChI is InChI=1S/C20H21NO4/c1-13(15-9-6-7-11-17(15)24-3)21(2)19(22)18-12-14-8-4-5-10-16(14)20(23)25-18/h4-11,13,18H,12H2,1-3H3. The minimum atomic E-state index is -0.801. The molecular weight excluding hydrogens is 318 g/mol. The maximum absolute atomic E-state index is 12.9. The van der Waals surface area contributed by atoms with E-state index in [-0.39, 0.29) is 11.9 Å². The van der Waals surface area contributed by atoms with Gasteiger partial charge < -0.3 is 14.4 Å². The highest BCUT2D eigenvalue weighted by atomic mass is 16.5. The molecule has 1 aliphatic heterocycles. The van der Waals surface area contributed by atoms with Gasteiger partial charge in [0.05, 0.1) is 18.7 Å². The SMILES string of the molecule is COc1ccccc1C(C)N(C)C(=O)C1Cc2ccccc2C(=O)O1. The summed E-state index contributed by atoms with van der Waals surface area (Å²) < 4.78 is 10.8. The van der Waals surface area contributed by atoms with Crippen molar-refractivity contribution < 1.29 is 19.1 Å². The number of cyclic esters (lactones) is 1. The third-order valence-corrected chi connectivity index (χ3v) is 4.68. The van der Waals surface area contributed by atoms with Crippen LogP contribution >= 0.6 is 0 Å². The molecule has 3 rings (SSSR count). The van der Waals surface area contributed by atoms with Crippen molar-refractivity contribution in [2.24, 2.45) is 0 Å². The Labute approximate surface area is 147 Å². The fraction of sp³-hybridized carbons (Fsp3) is 0.300. The smallest absolute Gasteiger partial charge is 0.339 e. The minimum absolute atomic E-state index is 0.209. The number of rotatable bonds is 4. The van der Waals surface area contributed by atoms with Crippen molar-refractivity contribution in [3.05, 3.63) is 65.2 Å². The van der Waals surface area contributed by atoms with Crippen molar-refractivity contribution in [2.75, 3.05) is 14.2 Å². The Hall–Kier alpha value is -2.82. The molecule has 0 aliphatic carbocycles. The fourth-order valence-corrected chi connectivity index (χ4v) is 3.11. The number of para-hydroxylation sites is 1. The third-order valence-electron chi connectivity index (χ3n) is 4.68. The second-order valence-corrected chi connectivity index (χ2v) is 6.12. The van der Waals surface area contributed by atoms with E-state index in [4.69, 9.17) is 9.47 Å². The van der Waals surface area contributed by atoms with Crippen LogP contribution in [0.5, 0.6) is 5.75 Å². The molecular formula is C20H21NO4. The topological polar surface area (TPSA) is 55.8 Å². The highest BCUT2D eigenvalue weighted by Gasteiger charge is 2.34. The number of carbonyl (C=O) groups is 2. The highest BCUT2D eigenvalue weighted by Crippen LogP contribution is 2.30. The van der Waals surface area contributed by atoms with Gasteiger partial charge in [-0.15, -0.1) is 0 Å². The zero-order valence-corrected chi connectivity index (χ0v) is 14.6. The van der Waals surface area contributed by atoms with Crippen LogP contribution in [0.1, 0.15) is 34.5 Å². The van der Waals surface area contributed by atoms with Gasteiger partial charge in [0.1, 0.15) is 5.75 Å². The summed E-state index contributed by atoms with van der Waals surface area (Å²) in [6.45, 7) is 1.92. The molecule has 2 unspecified atom stereocenters. The summed E-state index contributed by atoms with van der Waals surface area (Å²) in [6, 6.07) is 14.6. The van der Waals surface area contributed by atoms with Crippen LogP contribution < -0.4 is 4.74 Å². The summed E-state index contributed by atoms with van der Waals surface area (Å²) in [5.41, 5.74) is 2.28. The summed E-state index contributed by atoms with van der Waals surface area (Å²) >= 11 is 0. The first-order chi connectivity index (χ1) is 12.0. The largest absolute Gasteiger partial charge is 0.496 e. The van der Waals surface area contributed by atoms with Crippen LogP contribution in [-0.4, -0.2) is 37.0 Å². The molecule has 5 heteroatoms. The number of esters is 1. The van der Waals surface area contributed by atoms with E-state index in [2.05, 4.69) is 0 Å². The molecule has 0 N–H and O–H groups in total. The van der Waals surface area contributed by atoms with Crippen molar-refractivity contribution in [1.82, 2.24) is 4.90 Å². The predicted octanol–water partition coefficient (Wildman–Crippen LogP) is 3.00. The lowest BCUT2D eigenvalue weighted by Gasteiger charge is -2.31. The first kappa shape index (κ1) is 17.0. The van der Waals surface area contributed by atoms with Gasteiger partial charge in [0, 0.05) is 19.0 Å². The molecule has 1 heterocycles. The van der Waals surface area contributed by atoms with Crippen LogP contribution in [0.15, 0.2) is 48.5 Å². The van der Waals surface area contributed by atoms with E-state index < -0.39 is 12.1 Å². The van der Waals surface area contributed by atoms with Crippen molar-refractivity contribution in [2.45, 2.75) is 25.5 Å². The second-order valence-electron chi connectivity index (χ2n) is 6.12. The van der Waals surface area contributed by atoms with Crippen molar-refractivity contribution in [1.29, 1.82) is 0 Å². The molecule has 2 aromatic carbocycles. The van der Waals surface area contributed by atoms with Crippen molar-refractivity contribution in [3.8, 4) is 5.75 Å². The van der Waals surface area contributed by atoms with Crippen molar-refractivity contribution in [3.63, 3.8) is 0 Å². The van der Waals surface area contributed by atoms with Crippen LogP contribution in [0.3, 0.4) is 0 Å². The van der Waals surface area contributed by atoms with Crippen LogP contribution in [0, 0.1) is 0 Å². The van der Waals surface area contributed by atoms with Crippen LogP contribution in [-0.2, 0) is 16.0 Å². The number of fused-ring (bicyclic) bond motifs is 1. The number of benzene rings is 2. The van der Waals surface area contributed by atoms with E-state index in [9.17, 15) is 9.59 Å². The summed E-state index contributed by atoms with van der Waals surface area (Å²) in [5.74, 6) is 0.0560. The van der Waals surface area contributed by atoms with E-state index in [1.54, 1.807) is 31.2 Å².